The normalized spacial score (nSPS) is 28.7. The highest BCUT2D eigenvalue weighted by molar-refractivity contribution is 6.38. The van der Waals surface area contributed by atoms with Gasteiger partial charge in [-0.1, -0.05) is 34.1 Å². The summed E-state index contributed by atoms with van der Waals surface area (Å²) in [5, 5.41) is 45.4. The SMILES string of the molecule is COc1cc(O)c2c(O)c3c(c4c2c1C1(C4)C(C)(C)CCCC1(C)C)C(=O)[C@H]1[C@H](N)C(O)=C(C(N)=O)C(=O)[C@@]1(O)C3=O. The average Bonchev–Trinajstić information content (AvgIpc) is 3.26. The van der Waals surface area contributed by atoms with Gasteiger partial charge in [0.15, 0.2) is 5.78 Å². The van der Waals surface area contributed by atoms with Crippen LogP contribution in [0.2, 0.25) is 0 Å². The predicted octanol–water partition coefficient (Wildman–Crippen LogP) is 2.22. The van der Waals surface area contributed by atoms with Crippen molar-refractivity contribution in [2.75, 3.05) is 7.11 Å². The molecule has 0 saturated heterocycles. The van der Waals surface area contributed by atoms with E-state index in [1.54, 1.807) is 0 Å². The Morgan fingerprint density at radius 1 is 0.976 bits per heavy atom. The molecule has 1 spiro atoms. The molecule has 4 aliphatic carbocycles. The molecule has 1 fully saturated rings. The molecule has 0 bridgehead atoms. The van der Waals surface area contributed by atoms with E-state index in [2.05, 4.69) is 27.7 Å². The van der Waals surface area contributed by atoms with Gasteiger partial charge in [-0.2, -0.15) is 0 Å². The molecular formula is C31H34N2O9. The number of aromatic hydroxyl groups is 2. The van der Waals surface area contributed by atoms with Crippen molar-refractivity contribution in [1.82, 2.24) is 0 Å². The van der Waals surface area contributed by atoms with E-state index in [4.69, 9.17) is 16.2 Å². The molecule has 0 aliphatic heterocycles. The van der Waals surface area contributed by atoms with Gasteiger partial charge in [0.05, 0.1) is 30.0 Å². The van der Waals surface area contributed by atoms with E-state index in [0.717, 1.165) is 19.3 Å². The summed E-state index contributed by atoms with van der Waals surface area (Å²) in [5.41, 5.74) is 5.81. The Balaban J connectivity index is 1.77. The maximum atomic E-state index is 14.4. The first kappa shape index (κ1) is 28.2. The number of benzene rings is 2. The minimum absolute atomic E-state index is 0.113. The van der Waals surface area contributed by atoms with Gasteiger partial charge in [0.2, 0.25) is 17.2 Å². The molecule has 11 nitrogen and oxygen atoms in total. The summed E-state index contributed by atoms with van der Waals surface area (Å²) in [6.45, 7) is 8.50. The van der Waals surface area contributed by atoms with Gasteiger partial charge in [-0.05, 0) is 35.7 Å². The lowest BCUT2D eigenvalue weighted by Gasteiger charge is -2.59. The van der Waals surface area contributed by atoms with E-state index in [-0.39, 0.29) is 28.2 Å². The molecule has 4 aliphatic rings. The number of hydrogen-bond acceptors (Lipinski definition) is 10. The third-order valence-electron chi connectivity index (χ3n) is 10.9. The second-order valence-corrected chi connectivity index (χ2v) is 13.4. The van der Waals surface area contributed by atoms with Gasteiger partial charge in [-0.3, -0.25) is 19.2 Å². The Kier molecular flexibility index (Phi) is 5.44. The van der Waals surface area contributed by atoms with Crippen LogP contribution in [0.25, 0.3) is 10.8 Å². The topological polar surface area (TPSA) is 210 Å². The lowest BCUT2D eigenvalue weighted by molar-refractivity contribution is -0.136. The Morgan fingerprint density at radius 2 is 1.57 bits per heavy atom. The molecule has 2 aromatic rings. The molecule has 3 atom stereocenters. The Morgan fingerprint density at radius 3 is 2.12 bits per heavy atom. The molecule has 8 N–H and O–H groups in total. The van der Waals surface area contributed by atoms with Crippen molar-refractivity contribution in [1.29, 1.82) is 0 Å². The number of aliphatic hydroxyl groups is 2. The number of fused-ring (bicyclic) bond motifs is 4. The van der Waals surface area contributed by atoms with Crippen molar-refractivity contribution in [2.45, 2.75) is 70.4 Å². The Labute approximate surface area is 241 Å². The molecule has 1 saturated carbocycles. The van der Waals surface area contributed by atoms with Gasteiger partial charge >= 0.3 is 0 Å². The van der Waals surface area contributed by atoms with Gasteiger partial charge in [-0.25, -0.2) is 0 Å². The second kappa shape index (κ2) is 8.11. The van der Waals surface area contributed by atoms with Crippen LogP contribution in [0.5, 0.6) is 17.2 Å². The minimum Gasteiger partial charge on any atom is -0.510 e. The number of amides is 1. The number of aliphatic hydroxyl groups excluding tert-OH is 1. The monoisotopic (exact) mass is 578 g/mol. The van der Waals surface area contributed by atoms with Crippen LogP contribution in [0.4, 0.5) is 0 Å². The molecule has 11 heteroatoms. The number of rotatable bonds is 2. The van der Waals surface area contributed by atoms with E-state index < -0.39 is 74.6 Å². The standard InChI is InChI=1S/C31H34N2O9/c1-28(2)7-6-8-29(3,4)30(28)10-11-14-16(12(34)9-13(42-5)19(14)30)22(35)17-15(11)23(36)20-21(32)24(37)18(27(33)40)26(39)31(20,41)25(17)38/h9,20-21,34-35,37,41H,6-8,10,32H2,1-5H3,(H2,33,40)/t20-,21+,31+/m1/s1. The number of ketones is 3. The lowest BCUT2D eigenvalue weighted by atomic mass is 9.44. The molecule has 2 aromatic carbocycles. The van der Waals surface area contributed by atoms with Crippen LogP contribution in [0.3, 0.4) is 0 Å². The number of methoxy groups -OCH3 is 1. The molecule has 0 heterocycles. The third-order valence-corrected chi connectivity index (χ3v) is 10.9. The highest BCUT2D eigenvalue weighted by Gasteiger charge is 2.68. The molecule has 0 radical (unpaired) electrons. The Hall–Kier alpha value is -3.96. The zero-order valence-corrected chi connectivity index (χ0v) is 24.0. The van der Waals surface area contributed by atoms with Crippen LogP contribution in [-0.2, 0) is 21.4 Å². The van der Waals surface area contributed by atoms with E-state index in [9.17, 15) is 39.6 Å². The van der Waals surface area contributed by atoms with Crippen LogP contribution in [0, 0.1) is 16.7 Å². The second-order valence-electron chi connectivity index (χ2n) is 13.4. The first-order valence-corrected chi connectivity index (χ1v) is 13.9. The van der Waals surface area contributed by atoms with Gasteiger partial charge in [-0.15, -0.1) is 0 Å². The molecule has 0 unspecified atom stereocenters. The van der Waals surface area contributed by atoms with Crippen LogP contribution >= 0.6 is 0 Å². The maximum absolute atomic E-state index is 14.4. The molecule has 0 aromatic heterocycles. The summed E-state index contributed by atoms with van der Waals surface area (Å²) < 4.78 is 5.80. The fourth-order valence-corrected chi connectivity index (χ4v) is 9.00. The summed E-state index contributed by atoms with van der Waals surface area (Å²) in [6, 6.07) is -0.456. The van der Waals surface area contributed by atoms with Crippen LogP contribution in [0.15, 0.2) is 17.4 Å². The number of hydrogen-bond donors (Lipinski definition) is 6. The number of carbonyl (C=O) groups is 4. The summed E-state index contributed by atoms with van der Waals surface area (Å²) in [5.74, 6) is -9.19. The number of Topliss-reactive ketones (excluding diaryl/α,β-unsaturated/α-hetero) is 3. The number of primary amides is 1. The summed E-state index contributed by atoms with van der Waals surface area (Å²) in [7, 11) is 1.47. The van der Waals surface area contributed by atoms with Crippen molar-refractivity contribution in [3.05, 3.63) is 39.7 Å². The van der Waals surface area contributed by atoms with Gasteiger partial charge in [0.1, 0.15) is 28.6 Å². The summed E-state index contributed by atoms with van der Waals surface area (Å²) in [6.07, 6.45) is 2.83. The summed E-state index contributed by atoms with van der Waals surface area (Å²) in [4.78, 5) is 54.0. The van der Waals surface area contributed by atoms with Gasteiger partial charge in [0, 0.05) is 28.0 Å². The molecule has 42 heavy (non-hydrogen) atoms. The average molecular weight is 579 g/mol. The van der Waals surface area contributed by atoms with E-state index in [1.807, 2.05) is 0 Å². The Bertz CT molecular complexity index is 1720. The number of carbonyl (C=O) groups excluding carboxylic acids is 4. The van der Waals surface area contributed by atoms with E-state index in [0.29, 0.717) is 22.3 Å². The maximum Gasteiger partial charge on any atom is 0.255 e. The lowest BCUT2D eigenvalue weighted by Crippen LogP contribution is -2.67. The number of nitrogens with two attached hydrogens (primary N) is 2. The van der Waals surface area contributed by atoms with Gasteiger partial charge < -0.3 is 36.6 Å². The van der Waals surface area contributed by atoms with Crippen molar-refractivity contribution < 1.29 is 44.3 Å². The minimum atomic E-state index is -3.22. The third kappa shape index (κ3) is 2.83. The van der Waals surface area contributed by atoms with Crippen molar-refractivity contribution in [2.24, 2.45) is 28.2 Å². The number of phenolic OH excluding ortho intramolecular Hbond substituents is 2. The molecular weight excluding hydrogens is 544 g/mol. The quantitative estimate of drug-likeness (QED) is 0.226. The van der Waals surface area contributed by atoms with E-state index >= 15 is 0 Å². The zero-order valence-electron chi connectivity index (χ0n) is 24.0. The van der Waals surface area contributed by atoms with Crippen LogP contribution in [-0.4, -0.2) is 62.4 Å². The number of phenols is 2. The highest BCUT2D eigenvalue weighted by atomic mass is 16.5. The molecule has 1 amide bonds. The smallest absolute Gasteiger partial charge is 0.255 e. The van der Waals surface area contributed by atoms with Crippen molar-refractivity contribution >= 4 is 34.0 Å². The fourth-order valence-electron chi connectivity index (χ4n) is 9.00. The van der Waals surface area contributed by atoms with Crippen LogP contribution < -0.4 is 16.2 Å². The predicted molar refractivity (Wildman–Crippen MR) is 150 cm³/mol. The first-order chi connectivity index (χ1) is 19.4. The molecule has 6 rings (SSSR count). The largest absolute Gasteiger partial charge is 0.510 e. The van der Waals surface area contributed by atoms with Crippen LogP contribution in [0.1, 0.15) is 78.8 Å². The summed E-state index contributed by atoms with van der Waals surface area (Å²) >= 11 is 0. The fraction of sp³-hybridized carbons (Fsp3) is 0.484. The molecule has 222 valence electrons. The highest BCUT2D eigenvalue weighted by Crippen LogP contribution is 2.69. The first-order valence-electron chi connectivity index (χ1n) is 13.9. The van der Waals surface area contributed by atoms with Crippen molar-refractivity contribution in [3.63, 3.8) is 0 Å². The van der Waals surface area contributed by atoms with Gasteiger partial charge in [0.25, 0.3) is 5.91 Å². The van der Waals surface area contributed by atoms with Crippen molar-refractivity contribution in [3.8, 4) is 17.2 Å². The number of ether oxygens (including phenoxy) is 1. The zero-order chi connectivity index (χ0) is 31.1. The van der Waals surface area contributed by atoms with E-state index in [1.165, 1.54) is 13.2 Å².